The van der Waals surface area contributed by atoms with Gasteiger partial charge in [0.25, 0.3) is 0 Å². The fraction of sp³-hybridized carbons (Fsp3) is 0.0833. The number of pyridine rings is 1. The molecule has 0 aliphatic heterocycles. The second-order valence-corrected chi connectivity index (χ2v) is 7.65. The molecule has 3 aromatic carbocycles. The number of hydrogen-bond donors (Lipinski definition) is 1. The lowest BCUT2D eigenvalue weighted by Crippen LogP contribution is -2.01. The molecule has 1 heterocycles. The summed E-state index contributed by atoms with van der Waals surface area (Å²) in [5.74, 6) is -0.0628. The van der Waals surface area contributed by atoms with E-state index in [-0.39, 0.29) is 6.42 Å². The van der Waals surface area contributed by atoms with Gasteiger partial charge in [0.15, 0.2) is 0 Å². The zero-order valence-electron chi connectivity index (χ0n) is 15.6. The van der Waals surface area contributed by atoms with Crippen molar-refractivity contribution in [2.24, 2.45) is 0 Å². The topological polar surface area (TPSA) is 59.4 Å². The molecule has 0 radical (unpaired) electrons. The van der Waals surface area contributed by atoms with E-state index in [1.165, 1.54) is 0 Å². The Labute approximate surface area is 173 Å². The molecular formula is C24H19NO3S. The van der Waals surface area contributed by atoms with E-state index in [0.29, 0.717) is 6.61 Å². The lowest BCUT2D eigenvalue weighted by atomic mass is 10.1. The molecule has 4 aromatic rings. The van der Waals surface area contributed by atoms with Gasteiger partial charge in [-0.2, -0.15) is 0 Å². The van der Waals surface area contributed by atoms with Crippen LogP contribution in [0.1, 0.15) is 11.3 Å². The molecule has 1 N–H and O–H groups in total. The fourth-order valence-electron chi connectivity index (χ4n) is 2.99. The smallest absolute Gasteiger partial charge is 0.307 e. The van der Waals surface area contributed by atoms with Crippen LogP contribution in [-0.2, 0) is 17.8 Å². The van der Waals surface area contributed by atoms with Crippen LogP contribution in [0.2, 0.25) is 0 Å². The van der Waals surface area contributed by atoms with Crippen LogP contribution in [0.15, 0.2) is 94.7 Å². The molecule has 144 valence electrons. The van der Waals surface area contributed by atoms with Gasteiger partial charge in [0, 0.05) is 15.2 Å². The van der Waals surface area contributed by atoms with Crippen molar-refractivity contribution in [3.05, 3.63) is 96.2 Å². The third-order valence-electron chi connectivity index (χ3n) is 4.41. The van der Waals surface area contributed by atoms with Gasteiger partial charge in [-0.1, -0.05) is 54.2 Å². The first-order chi connectivity index (χ1) is 14.2. The number of benzene rings is 3. The Morgan fingerprint density at radius 1 is 0.897 bits per heavy atom. The molecule has 0 saturated carbocycles. The first kappa shape index (κ1) is 19.0. The van der Waals surface area contributed by atoms with E-state index < -0.39 is 5.97 Å². The third-order valence-corrected chi connectivity index (χ3v) is 5.53. The van der Waals surface area contributed by atoms with Crippen molar-refractivity contribution in [3.63, 3.8) is 0 Å². The molecule has 0 bridgehead atoms. The van der Waals surface area contributed by atoms with Crippen molar-refractivity contribution in [1.82, 2.24) is 4.98 Å². The average molecular weight is 401 g/mol. The van der Waals surface area contributed by atoms with Crippen molar-refractivity contribution < 1.29 is 14.6 Å². The highest BCUT2D eigenvalue weighted by atomic mass is 32.2. The summed E-state index contributed by atoms with van der Waals surface area (Å²) >= 11 is 1.55. The number of hydrogen-bond acceptors (Lipinski definition) is 4. The lowest BCUT2D eigenvalue weighted by Gasteiger charge is -2.09. The van der Waals surface area contributed by atoms with Crippen molar-refractivity contribution in [2.45, 2.75) is 22.8 Å². The van der Waals surface area contributed by atoms with E-state index in [4.69, 9.17) is 9.84 Å². The molecule has 0 aliphatic rings. The summed E-state index contributed by atoms with van der Waals surface area (Å²) in [6, 6.07) is 27.4. The third kappa shape index (κ3) is 4.95. The van der Waals surface area contributed by atoms with Gasteiger partial charge in [0.05, 0.1) is 17.6 Å². The second-order valence-electron chi connectivity index (χ2n) is 6.54. The van der Waals surface area contributed by atoms with E-state index in [1.807, 2.05) is 78.9 Å². The number of carboxylic acid groups (broad SMARTS) is 1. The number of ether oxygens (including phenoxy) is 1. The van der Waals surface area contributed by atoms with Crippen molar-refractivity contribution in [2.75, 3.05) is 0 Å². The highest BCUT2D eigenvalue weighted by Gasteiger charge is 2.08. The molecule has 5 heteroatoms. The molecule has 1 aromatic heterocycles. The molecule has 0 atom stereocenters. The maximum atomic E-state index is 11.0. The van der Waals surface area contributed by atoms with Crippen LogP contribution in [0.25, 0.3) is 10.9 Å². The number of aromatic nitrogens is 1. The Bertz CT molecular complexity index is 1140. The Morgan fingerprint density at radius 2 is 1.66 bits per heavy atom. The monoisotopic (exact) mass is 401 g/mol. The molecule has 0 fully saturated rings. The standard InChI is InChI=1S/C24H19NO3S/c26-24(27)15-18-6-2-4-8-23(18)29-21-13-11-20(12-14-21)28-16-19-10-9-17-5-1-3-7-22(17)25-19/h1-14H,15-16H2,(H,26,27). The molecule has 0 aliphatic carbocycles. The summed E-state index contributed by atoms with van der Waals surface area (Å²) in [5, 5.41) is 10.2. The highest BCUT2D eigenvalue weighted by Crippen LogP contribution is 2.32. The van der Waals surface area contributed by atoms with Crippen LogP contribution in [0.3, 0.4) is 0 Å². The maximum absolute atomic E-state index is 11.0. The van der Waals surface area contributed by atoms with Gasteiger partial charge in [-0.25, -0.2) is 4.98 Å². The van der Waals surface area contributed by atoms with Gasteiger partial charge in [0.1, 0.15) is 12.4 Å². The minimum absolute atomic E-state index is 0.0170. The first-order valence-electron chi connectivity index (χ1n) is 9.22. The van der Waals surface area contributed by atoms with Gasteiger partial charge < -0.3 is 9.84 Å². The molecular weight excluding hydrogens is 382 g/mol. The Morgan fingerprint density at radius 3 is 2.48 bits per heavy atom. The van der Waals surface area contributed by atoms with E-state index in [1.54, 1.807) is 11.8 Å². The van der Waals surface area contributed by atoms with E-state index in [0.717, 1.165) is 37.7 Å². The number of carbonyl (C=O) groups is 1. The predicted octanol–water partition coefficient (Wildman–Crippen LogP) is 5.59. The number of fused-ring (bicyclic) bond motifs is 1. The molecule has 29 heavy (non-hydrogen) atoms. The zero-order valence-corrected chi connectivity index (χ0v) is 16.4. The van der Waals surface area contributed by atoms with Crippen molar-refractivity contribution >= 4 is 28.6 Å². The van der Waals surface area contributed by atoms with Gasteiger partial charge in [-0.05, 0) is 48.0 Å². The van der Waals surface area contributed by atoms with Crippen LogP contribution >= 0.6 is 11.8 Å². The molecule has 0 amide bonds. The largest absolute Gasteiger partial charge is 0.487 e. The van der Waals surface area contributed by atoms with Crippen molar-refractivity contribution in [3.8, 4) is 5.75 Å². The van der Waals surface area contributed by atoms with E-state index in [9.17, 15) is 4.79 Å². The van der Waals surface area contributed by atoms with Crippen LogP contribution in [-0.4, -0.2) is 16.1 Å². The molecule has 4 nitrogen and oxygen atoms in total. The van der Waals surface area contributed by atoms with Gasteiger partial charge in [-0.3, -0.25) is 4.79 Å². The molecule has 0 unspecified atom stereocenters. The number of carboxylic acids is 1. The number of nitrogens with zero attached hydrogens (tertiary/aromatic N) is 1. The van der Waals surface area contributed by atoms with E-state index in [2.05, 4.69) is 11.1 Å². The van der Waals surface area contributed by atoms with Crippen LogP contribution in [0, 0.1) is 0 Å². The fourth-order valence-corrected chi connectivity index (χ4v) is 3.93. The van der Waals surface area contributed by atoms with Gasteiger partial charge in [-0.15, -0.1) is 0 Å². The summed E-state index contributed by atoms with van der Waals surface area (Å²) in [6.45, 7) is 0.402. The Kier molecular flexibility index (Phi) is 5.77. The quantitative estimate of drug-likeness (QED) is 0.437. The van der Waals surface area contributed by atoms with Gasteiger partial charge in [0.2, 0.25) is 0 Å². The Hall–Kier alpha value is -3.31. The van der Waals surface area contributed by atoms with Gasteiger partial charge >= 0.3 is 5.97 Å². The predicted molar refractivity (Wildman–Crippen MR) is 114 cm³/mol. The normalized spacial score (nSPS) is 10.8. The number of rotatable bonds is 7. The zero-order chi connectivity index (χ0) is 20.1. The summed E-state index contributed by atoms with van der Waals surface area (Å²) < 4.78 is 5.87. The SMILES string of the molecule is O=C(O)Cc1ccccc1Sc1ccc(OCc2ccc3ccccc3n2)cc1. The molecule has 0 spiro atoms. The summed E-state index contributed by atoms with van der Waals surface area (Å²) in [7, 11) is 0. The first-order valence-corrected chi connectivity index (χ1v) is 10.0. The van der Waals surface area contributed by atoms with E-state index >= 15 is 0 Å². The second kappa shape index (κ2) is 8.80. The van der Waals surface area contributed by atoms with Crippen LogP contribution < -0.4 is 4.74 Å². The molecule has 0 saturated heterocycles. The average Bonchev–Trinajstić information content (AvgIpc) is 2.74. The Balaban J connectivity index is 1.41. The summed E-state index contributed by atoms with van der Waals surface area (Å²) in [4.78, 5) is 17.6. The lowest BCUT2D eigenvalue weighted by molar-refractivity contribution is -0.136. The molecule has 4 rings (SSSR count). The maximum Gasteiger partial charge on any atom is 0.307 e. The van der Waals surface area contributed by atoms with Crippen molar-refractivity contribution in [1.29, 1.82) is 0 Å². The summed E-state index contributed by atoms with van der Waals surface area (Å²) in [5.41, 5.74) is 2.65. The minimum atomic E-state index is -0.830. The minimum Gasteiger partial charge on any atom is -0.487 e. The van der Waals surface area contributed by atoms with Crippen LogP contribution in [0.5, 0.6) is 5.75 Å². The number of aliphatic carboxylic acids is 1. The highest BCUT2D eigenvalue weighted by molar-refractivity contribution is 7.99. The van der Waals surface area contributed by atoms with Crippen LogP contribution in [0.4, 0.5) is 0 Å². The summed E-state index contributed by atoms with van der Waals surface area (Å²) in [6.07, 6.45) is 0.0170. The number of para-hydroxylation sites is 1.